The zero-order valence-electron chi connectivity index (χ0n) is 8.92. The Kier molecular flexibility index (Phi) is 15.6. The average molecular weight is 304 g/mol. The van der Waals surface area contributed by atoms with Crippen molar-refractivity contribution in [3.05, 3.63) is 0 Å². The molecule has 0 N–H and O–H groups in total. The number of ether oxygens (including phenoxy) is 2. The standard InChI is InChI=1S/C5H9BrO2.C4H7ClO2/c1-5(7)8-4-2-3-6;1-4(6)7-3-2-5/h2-4H2,1H3;2-3H2,1H3. The molecule has 0 aromatic heterocycles. The van der Waals surface area contributed by atoms with Gasteiger partial charge in [-0.1, -0.05) is 15.9 Å². The Balaban J connectivity index is 0. The van der Waals surface area contributed by atoms with E-state index in [0.717, 1.165) is 11.8 Å². The van der Waals surface area contributed by atoms with E-state index in [4.69, 9.17) is 11.6 Å². The molecule has 0 aromatic rings. The van der Waals surface area contributed by atoms with Crippen LogP contribution in [0.4, 0.5) is 0 Å². The molecule has 0 amide bonds. The lowest BCUT2D eigenvalue weighted by Gasteiger charge is -1.95. The lowest BCUT2D eigenvalue weighted by molar-refractivity contribution is -0.141. The summed E-state index contributed by atoms with van der Waals surface area (Å²) in [7, 11) is 0. The summed E-state index contributed by atoms with van der Waals surface area (Å²) in [5, 5.41) is 0.889. The van der Waals surface area contributed by atoms with E-state index in [1.807, 2.05) is 0 Å². The molecule has 6 heteroatoms. The molecule has 0 spiro atoms. The summed E-state index contributed by atoms with van der Waals surface area (Å²) < 4.78 is 9.03. The highest BCUT2D eigenvalue weighted by Gasteiger charge is 1.88. The minimum absolute atomic E-state index is 0.203. The van der Waals surface area contributed by atoms with Crippen LogP contribution in [0.1, 0.15) is 20.3 Å². The van der Waals surface area contributed by atoms with Gasteiger partial charge < -0.3 is 9.47 Å². The molecular formula is C9H16BrClO4. The van der Waals surface area contributed by atoms with Gasteiger partial charge in [0, 0.05) is 19.2 Å². The number of hydrogen-bond acceptors (Lipinski definition) is 4. The number of alkyl halides is 2. The maximum atomic E-state index is 10.1. The maximum Gasteiger partial charge on any atom is 0.302 e. The molecule has 0 aliphatic rings. The summed E-state index contributed by atoms with van der Waals surface area (Å²) in [6, 6.07) is 0. The molecule has 0 saturated carbocycles. The molecule has 0 heterocycles. The van der Waals surface area contributed by atoms with Gasteiger partial charge in [-0.25, -0.2) is 0 Å². The zero-order chi connectivity index (χ0) is 12.1. The van der Waals surface area contributed by atoms with Crippen molar-refractivity contribution in [1.82, 2.24) is 0 Å². The molecule has 4 nitrogen and oxygen atoms in total. The number of halogens is 2. The van der Waals surface area contributed by atoms with Crippen LogP contribution in [0.25, 0.3) is 0 Å². The fourth-order valence-corrected chi connectivity index (χ4v) is 0.759. The van der Waals surface area contributed by atoms with Gasteiger partial charge >= 0.3 is 11.9 Å². The molecule has 0 rings (SSSR count). The first kappa shape index (κ1) is 17.1. The molecule has 90 valence electrons. The molecule has 0 bridgehead atoms. The van der Waals surface area contributed by atoms with Crippen LogP contribution < -0.4 is 0 Å². The van der Waals surface area contributed by atoms with Crippen molar-refractivity contribution in [3.63, 3.8) is 0 Å². The molecule has 15 heavy (non-hydrogen) atoms. The van der Waals surface area contributed by atoms with Crippen LogP contribution in [0.3, 0.4) is 0 Å². The van der Waals surface area contributed by atoms with Crippen LogP contribution in [0.2, 0.25) is 0 Å². The first-order valence-corrected chi connectivity index (χ1v) is 6.08. The highest BCUT2D eigenvalue weighted by molar-refractivity contribution is 9.09. The summed E-state index contributed by atoms with van der Waals surface area (Å²) in [6.45, 7) is 3.61. The van der Waals surface area contributed by atoms with E-state index in [1.54, 1.807) is 0 Å². The van der Waals surface area contributed by atoms with Crippen LogP contribution in [0.5, 0.6) is 0 Å². The van der Waals surface area contributed by atoms with Gasteiger partial charge in [0.25, 0.3) is 0 Å². The first-order valence-electron chi connectivity index (χ1n) is 4.43. The van der Waals surface area contributed by atoms with Gasteiger partial charge in [-0.3, -0.25) is 9.59 Å². The van der Waals surface area contributed by atoms with Gasteiger partial charge in [0.05, 0.1) is 12.5 Å². The second-order valence-electron chi connectivity index (χ2n) is 2.41. The van der Waals surface area contributed by atoms with Gasteiger partial charge in [-0.15, -0.1) is 11.6 Å². The molecule has 0 fully saturated rings. The largest absolute Gasteiger partial charge is 0.466 e. The van der Waals surface area contributed by atoms with E-state index >= 15 is 0 Å². The first-order chi connectivity index (χ1) is 7.04. The molecule has 0 aliphatic carbocycles. The number of hydrogen-bond donors (Lipinski definition) is 0. The molecule has 0 aromatic carbocycles. The molecular weight excluding hydrogens is 287 g/mol. The van der Waals surface area contributed by atoms with E-state index < -0.39 is 0 Å². The predicted molar refractivity (Wildman–Crippen MR) is 62.4 cm³/mol. The van der Waals surface area contributed by atoms with E-state index in [2.05, 4.69) is 25.4 Å². The predicted octanol–water partition coefficient (Wildman–Crippen LogP) is 2.12. The van der Waals surface area contributed by atoms with E-state index in [-0.39, 0.29) is 11.9 Å². The third-order valence-corrected chi connectivity index (χ3v) is 1.68. The highest BCUT2D eigenvalue weighted by Crippen LogP contribution is 1.87. The monoisotopic (exact) mass is 302 g/mol. The van der Waals surface area contributed by atoms with Crippen molar-refractivity contribution >= 4 is 39.5 Å². The Morgan fingerprint density at radius 2 is 1.60 bits per heavy atom. The quantitative estimate of drug-likeness (QED) is 0.443. The van der Waals surface area contributed by atoms with Crippen molar-refractivity contribution in [3.8, 4) is 0 Å². The fraction of sp³-hybridized carbons (Fsp3) is 0.778. The SMILES string of the molecule is CC(=O)OCCCBr.CC(=O)OCCCl. The van der Waals surface area contributed by atoms with Crippen molar-refractivity contribution in [2.24, 2.45) is 0 Å². The minimum Gasteiger partial charge on any atom is -0.466 e. The Bertz CT molecular complexity index is 175. The number of carbonyl (C=O) groups excluding carboxylic acids is 2. The number of carbonyl (C=O) groups is 2. The van der Waals surface area contributed by atoms with Crippen molar-refractivity contribution < 1.29 is 19.1 Å². The summed E-state index contributed by atoms with van der Waals surface area (Å²) in [6.07, 6.45) is 0.888. The van der Waals surface area contributed by atoms with Crippen molar-refractivity contribution in [2.45, 2.75) is 20.3 Å². The smallest absolute Gasteiger partial charge is 0.302 e. The van der Waals surface area contributed by atoms with Gasteiger partial charge in [0.1, 0.15) is 6.61 Å². The van der Waals surface area contributed by atoms with Gasteiger partial charge in [-0.05, 0) is 6.42 Å². The lowest BCUT2D eigenvalue weighted by atomic mass is 10.5. The second-order valence-corrected chi connectivity index (χ2v) is 3.58. The third kappa shape index (κ3) is 24.8. The Hall–Kier alpha value is -0.290. The molecule has 0 saturated heterocycles. The minimum atomic E-state index is -0.277. The van der Waals surface area contributed by atoms with Crippen LogP contribution in [0, 0.1) is 0 Å². The average Bonchev–Trinajstić information content (AvgIpc) is 2.15. The van der Waals surface area contributed by atoms with Gasteiger partial charge in [-0.2, -0.15) is 0 Å². The molecule has 0 atom stereocenters. The van der Waals surface area contributed by atoms with Crippen molar-refractivity contribution in [2.75, 3.05) is 24.4 Å². The topological polar surface area (TPSA) is 52.6 Å². The van der Waals surface area contributed by atoms with Crippen LogP contribution in [-0.4, -0.2) is 36.4 Å². The third-order valence-electron chi connectivity index (χ3n) is 0.966. The normalized spacial score (nSPS) is 8.53. The number of esters is 2. The lowest BCUT2D eigenvalue weighted by Crippen LogP contribution is -2.00. The Labute approximate surface area is 103 Å². The summed E-state index contributed by atoms with van der Waals surface area (Å²) in [5.41, 5.74) is 0. The maximum absolute atomic E-state index is 10.1. The van der Waals surface area contributed by atoms with Crippen LogP contribution >= 0.6 is 27.5 Å². The Morgan fingerprint density at radius 3 is 1.87 bits per heavy atom. The molecule has 0 unspecified atom stereocenters. The fourth-order valence-electron chi connectivity index (χ4n) is 0.453. The van der Waals surface area contributed by atoms with E-state index in [9.17, 15) is 9.59 Å². The Morgan fingerprint density at radius 1 is 1.13 bits per heavy atom. The zero-order valence-corrected chi connectivity index (χ0v) is 11.3. The van der Waals surface area contributed by atoms with Crippen molar-refractivity contribution in [1.29, 1.82) is 0 Å². The van der Waals surface area contributed by atoms with E-state index in [1.165, 1.54) is 13.8 Å². The molecule has 0 radical (unpaired) electrons. The summed E-state index contributed by atoms with van der Waals surface area (Å²) in [4.78, 5) is 20.0. The molecule has 0 aliphatic heterocycles. The van der Waals surface area contributed by atoms with Crippen LogP contribution in [0.15, 0.2) is 0 Å². The van der Waals surface area contributed by atoms with Gasteiger partial charge in [0.2, 0.25) is 0 Å². The van der Waals surface area contributed by atoms with Gasteiger partial charge in [0.15, 0.2) is 0 Å². The summed E-state index contributed by atoms with van der Waals surface area (Å²) >= 11 is 8.38. The second kappa shape index (κ2) is 13.7. The number of rotatable bonds is 5. The van der Waals surface area contributed by atoms with E-state index in [0.29, 0.717) is 19.1 Å². The summed E-state index contributed by atoms with van der Waals surface area (Å²) in [5.74, 6) is -0.105. The van der Waals surface area contributed by atoms with Crippen LogP contribution in [-0.2, 0) is 19.1 Å². The highest BCUT2D eigenvalue weighted by atomic mass is 79.9.